The van der Waals surface area contributed by atoms with Gasteiger partial charge in [0.15, 0.2) is 0 Å². The lowest BCUT2D eigenvalue weighted by atomic mass is 10.3. The molecule has 0 N–H and O–H groups in total. The van der Waals surface area contributed by atoms with Gasteiger partial charge in [0.1, 0.15) is 18.1 Å². The maximum Gasteiger partial charge on any atom is 0.253 e. The Balaban J connectivity index is 2.42. The summed E-state index contributed by atoms with van der Waals surface area (Å²) in [4.78, 5) is 0. The monoisotopic (exact) mass is 215 g/mol. The van der Waals surface area contributed by atoms with Crippen LogP contribution in [-0.4, -0.2) is 20.3 Å². The van der Waals surface area contributed by atoms with E-state index in [-0.39, 0.29) is 0 Å². The minimum atomic E-state index is -0.778. The van der Waals surface area contributed by atoms with Crippen LogP contribution in [0.2, 0.25) is 0 Å². The van der Waals surface area contributed by atoms with Gasteiger partial charge in [0.2, 0.25) is 0 Å². The highest BCUT2D eigenvalue weighted by Crippen LogP contribution is 2.19. The fourth-order valence-electron chi connectivity index (χ4n) is 0.895. The maximum atomic E-state index is 10.2. The van der Waals surface area contributed by atoms with Gasteiger partial charge in [-0.3, -0.25) is 0 Å². The van der Waals surface area contributed by atoms with E-state index in [1.54, 1.807) is 31.4 Å². The van der Waals surface area contributed by atoms with E-state index in [0.717, 1.165) is 5.75 Å². The summed E-state index contributed by atoms with van der Waals surface area (Å²) in [5, 5.41) is 0. The van der Waals surface area contributed by atoms with Crippen molar-refractivity contribution in [2.75, 3.05) is 20.3 Å². The Kier molecular flexibility index (Phi) is 4.97. The van der Waals surface area contributed by atoms with Gasteiger partial charge in [0.25, 0.3) is 8.69 Å². The molecule has 0 aromatic heterocycles. The predicted molar refractivity (Wildman–Crippen MR) is 53.4 cm³/mol. The van der Waals surface area contributed by atoms with Crippen LogP contribution in [-0.2, 0) is 9.30 Å². The Bertz CT molecular complexity index is 273. The molecule has 0 heterocycles. The number of hydrogen-bond acceptors (Lipinski definition) is 4. The van der Waals surface area contributed by atoms with Gasteiger partial charge in [0.05, 0.1) is 6.61 Å². The standard InChI is InChI=1S/C9H12O4P/c1-11-6-7-12-8-2-4-9(5-3-8)13-14-10/h2-5,14H,6-7H2,1H3. The molecule has 0 amide bonds. The molecule has 1 atom stereocenters. The van der Waals surface area contributed by atoms with Crippen LogP contribution in [0.15, 0.2) is 24.3 Å². The lowest BCUT2D eigenvalue weighted by Gasteiger charge is -2.05. The van der Waals surface area contributed by atoms with Crippen LogP contribution in [0.4, 0.5) is 0 Å². The highest BCUT2D eigenvalue weighted by molar-refractivity contribution is 7.17. The van der Waals surface area contributed by atoms with Crippen LogP contribution < -0.4 is 9.26 Å². The molecule has 1 radical (unpaired) electrons. The van der Waals surface area contributed by atoms with Crippen LogP contribution in [0.1, 0.15) is 0 Å². The van der Waals surface area contributed by atoms with Crippen molar-refractivity contribution < 1.29 is 18.6 Å². The molecule has 1 aromatic rings. The van der Waals surface area contributed by atoms with Crippen LogP contribution in [0.5, 0.6) is 11.5 Å². The third-order valence-corrected chi connectivity index (χ3v) is 1.86. The highest BCUT2D eigenvalue weighted by Gasteiger charge is 1.95. The van der Waals surface area contributed by atoms with Gasteiger partial charge in [-0.15, -0.1) is 0 Å². The van der Waals surface area contributed by atoms with Crippen molar-refractivity contribution in [3.63, 3.8) is 0 Å². The summed E-state index contributed by atoms with van der Waals surface area (Å²) < 4.78 is 25.1. The Hall–Kier alpha value is -1.12. The van der Waals surface area contributed by atoms with Crippen molar-refractivity contribution in [1.29, 1.82) is 0 Å². The molecule has 0 aliphatic heterocycles. The topological polar surface area (TPSA) is 44.8 Å². The molecular formula is C9H12O4P. The fourth-order valence-corrected chi connectivity index (χ4v) is 1.13. The summed E-state index contributed by atoms with van der Waals surface area (Å²) in [6.45, 7) is 1.07. The van der Waals surface area contributed by atoms with E-state index in [1.165, 1.54) is 0 Å². The lowest BCUT2D eigenvalue weighted by molar-refractivity contribution is 0.146. The summed E-state index contributed by atoms with van der Waals surface area (Å²) in [5.41, 5.74) is 0. The molecule has 77 valence electrons. The molecule has 1 rings (SSSR count). The average Bonchev–Trinajstić information content (AvgIpc) is 2.21. The molecule has 4 nitrogen and oxygen atoms in total. The molecule has 0 aliphatic carbocycles. The second kappa shape index (κ2) is 6.35. The first-order valence-electron chi connectivity index (χ1n) is 4.12. The first-order valence-corrected chi connectivity index (χ1v) is 4.94. The van der Waals surface area contributed by atoms with E-state index < -0.39 is 8.69 Å². The number of rotatable bonds is 6. The first kappa shape index (κ1) is 11.0. The van der Waals surface area contributed by atoms with Crippen molar-refractivity contribution >= 4 is 8.69 Å². The van der Waals surface area contributed by atoms with Gasteiger partial charge >= 0.3 is 0 Å². The van der Waals surface area contributed by atoms with Crippen LogP contribution in [0.3, 0.4) is 0 Å². The number of benzene rings is 1. The molecule has 1 aromatic carbocycles. The summed E-state index contributed by atoms with van der Waals surface area (Å²) >= 11 is 0. The number of ether oxygens (including phenoxy) is 2. The molecule has 0 bridgehead atoms. The largest absolute Gasteiger partial charge is 0.491 e. The average molecular weight is 215 g/mol. The van der Waals surface area contributed by atoms with E-state index in [1.807, 2.05) is 0 Å². The molecule has 0 saturated heterocycles. The Morgan fingerprint density at radius 3 is 2.36 bits per heavy atom. The Morgan fingerprint density at radius 1 is 1.14 bits per heavy atom. The van der Waals surface area contributed by atoms with Crippen LogP contribution in [0, 0.1) is 0 Å². The van der Waals surface area contributed by atoms with Gasteiger partial charge in [0, 0.05) is 7.11 Å². The highest BCUT2D eigenvalue weighted by atomic mass is 31.1. The SMILES string of the molecule is COCCOc1ccc(O[PH]=O)cc1. The predicted octanol–water partition coefficient (Wildman–Crippen LogP) is 2.03. The normalized spacial score (nSPS) is 10.1. The number of hydrogen-bond donors (Lipinski definition) is 0. The Labute approximate surface area is 84.1 Å². The van der Waals surface area contributed by atoms with Gasteiger partial charge in [-0.25, -0.2) is 4.57 Å². The molecular weight excluding hydrogens is 203 g/mol. The third-order valence-electron chi connectivity index (χ3n) is 1.54. The van der Waals surface area contributed by atoms with Crippen molar-refractivity contribution in [2.45, 2.75) is 0 Å². The summed E-state index contributed by atoms with van der Waals surface area (Å²) in [5.74, 6) is 1.31. The van der Waals surface area contributed by atoms with Gasteiger partial charge in [-0.1, -0.05) is 0 Å². The summed E-state index contributed by atoms with van der Waals surface area (Å²) in [6.07, 6.45) is 0. The Morgan fingerprint density at radius 2 is 1.79 bits per heavy atom. The minimum Gasteiger partial charge on any atom is -0.491 e. The summed E-state index contributed by atoms with van der Waals surface area (Å²) in [7, 11) is 0.843. The van der Waals surface area contributed by atoms with Crippen molar-refractivity contribution in [1.82, 2.24) is 0 Å². The molecule has 0 aliphatic rings. The van der Waals surface area contributed by atoms with Gasteiger partial charge in [-0.05, 0) is 24.3 Å². The van der Waals surface area contributed by atoms with Gasteiger partial charge < -0.3 is 14.0 Å². The zero-order valence-corrected chi connectivity index (χ0v) is 8.86. The first-order chi connectivity index (χ1) is 6.86. The lowest BCUT2D eigenvalue weighted by Crippen LogP contribution is -2.03. The zero-order chi connectivity index (χ0) is 10.2. The third kappa shape index (κ3) is 3.73. The fraction of sp³-hybridized carbons (Fsp3) is 0.333. The van der Waals surface area contributed by atoms with Crippen molar-refractivity contribution in [2.24, 2.45) is 0 Å². The quantitative estimate of drug-likeness (QED) is 0.538. The van der Waals surface area contributed by atoms with Gasteiger partial charge in [-0.2, -0.15) is 0 Å². The molecule has 0 fully saturated rings. The van der Waals surface area contributed by atoms with E-state index in [4.69, 9.17) is 14.0 Å². The summed E-state index contributed by atoms with van der Waals surface area (Å²) in [6, 6.07) is 6.91. The smallest absolute Gasteiger partial charge is 0.253 e. The van der Waals surface area contributed by atoms with Crippen molar-refractivity contribution in [3.8, 4) is 11.5 Å². The van der Waals surface area contributed by atoms with E-state index in [0.29, 0.717) is 19.0 Å². The van der Waals surface area contributed by atoms with Crippen LogP contribution in [0.25, 0.3) is 0 Å². The van der Waals surface area contributed by atoms with Crippen LogP contribution >= 0.6 is 8.69 Å². The zero-order valence-electron chi connectivity index (χ0n) is 7.86. The van der Waals surface area contributed by atoms with E-state index in [2.05, 4.69) is 0 Å². The second-order valence-corrected chi connectivity index (χ2v) is 2.87. The van der Waals surface area contributed by atoms with E-state index in [9.17, 15) is 4.57 Å². The van der Waals surface area contributed by atoms with Crippen molar-refractivity contribution in [3.05, 3.63) is 24.3 Å². The minimum absolute atomic E-state index is 0.514. The van der Waals surface area contributed by atoms with E-state index >= 15 is 0 Å². The number of methoxy groups -OCH3 is 1. The molecule has 1 unspecified atom stereocenters. The molecule has 0 spiro atoms. The molecule has 0 saturated carbocycles. The molecule has 5 heteroatoms. The maximum absolute atomic E-state index is 10.2. The molecule has 14 heavy (non-hydrogen) atoms. The second-order valence-electron chi connectivity index (χ2n) is 2.50.